The molecular formula is C13H13N3O. The highest BCUT2D eigenvalue weighted by molar-refractivity contribution is 5.88. The van der Waals surface area contributed by atoms with Crippen LogP contribution >= 0.6 is 0 Å². The molecule has 4 nitrogen and oxygen atoms in total. The lowest BCUT2D eigenvalue weighted by Crippen LogP contribution is -1.95. The molecule has 1 aromatic carbocycles. The van der Waals surface area contributed by atoms with Gasteiger partial charge in [-0.15, -0.1) is 0 Å². The van der Waals surface area contributed by atoms with E-state index >= 15 is 0 Å². The number of nitrogens with zero attached hydrogens (tertiary/aromatic N) is 2. The number of aryl methyl sites for hydroxylation is 2. The van der Waals surface area contributed by atoms with Crippen LogP contribution in [0.25, 0.3) is 22.4 Å². The van der Waals surface area contributed by atoms with Crippen LogP contribution in [0.4, 0.5) is 5.69 Å². The summed E-state index contributed by atoms with van der Waals surface area (Å²) < 4.78 is 7.60. The summed E-state index contributed by atoms with van der Waals surface area (Å²) in [5.74, 6) is 0.795. The van der Waals surface area contributed by atoms with Gasteiger partial charge in [-0.05, 0) is 13.0 Å². The van der Waals surface area contributed by atoms with Crippen LogP contribution in [-0.2, 0) is 7.05 Å². The van der Waals surface area contributed by atoms with Gasteiger partial charge in [-0.3, -0.25) is 4.68 Å². The molecule has 0 atom stereocenters. The molecule has 2 heterocycles. The van der Waals surface area contributed by atoms with E-state index in [-0.39, 0.29) is 0 Å². The second-order valence-electron chi connectivity index (χ2n) is 4.12. The number of nitrogen functional groups attached to an aromatic ring is 1. The first-order chi connectivity index (χ1) is 8.18. The Labute approximate surface area is 98.6 Å². The Hall–Kier alpha value is -2.23. The summed E-state index contributed by atoms with van der Waals surface area (Å²) in [6, 6.07) is 7.96. The molecule has 0 aliphatic carbocycles. The second-order valence-corrected chi connectivity index (χ2v) is 4.12. The van der Waals surface area contributed by atoms with E-state index in [9.17, 15) is 0 Å². The molecule has 0 bridgehead atoms. The maximum atomic E-state index is 5.92. The van der Waals surface area contributed by atoms with Gasteiger partial charge in [-0.2, -0.15) is 5.10 Å². The number of benzene rings is 1. The van der Waals surface area contributed by atoms with E-state index in [0.717, 1.165) is 28.0 Å². The highest BCUT2D eigenvalue weighted by Gasteiger charge is 2.17. The van der Waals surface area contributed by atoms with Crippen LogP contribution in [0, 0.1) is 6.92 Å². The van der Waals surface area contributed by atoms with Crippen molar-refractivity contribution in [2.75, 3.05) is 5.73 Å². The van der Waals surface area contributed by atoms with E-state index in [4.69, 9.17) is 10.2 Å². The SMILES string of the molecule is Cc1c(-c2c(N)cnn2C)oc2ccccc12. The summed E-state index contributed by atoms with van der Waals surface area (Å²) in [5.41, 5.74) is 9.36. The topological polar surface area (TPSA) is 57.0 Å². The van der Waals surface area contributed by atoms with Gasteiger partial charge in [0.15, 0.2) is 5.76 Å². The van der Waals surface area contributed by atoms with E-state index in [2.05, 4.69) is 5.10 Å². The van der Waals surface area contributed by atoms with Crippen molar-refractivity contribution in [3.05, 3.63) is 36.0 Å². The van der Waals surface area contributed by atoms with Gasteiger partial charge in [0.1, 0.15) is 11.3 Å². The molecule has 0 aliphatic heterocycles. The summed E-state index contributed by atoms with van der Waals surface area (Å²) in [7, 11) is 1.86. The van der Waals surface area contributed by atoms with Crippen LogP contribution < -0.4 is 5.73 Å². The monoisotopic (exact) mass is 227 g/mol. The molecule has 0 aliphatic rings. The van der Waals surface area contributed by atoms with Crippen molar-refractivity contribution in [3.8, 4) is 11.5 Å². The first kappa shape index (κ1) is 9.96. The Balaban J connectivity index is 2.35. The van der Waals surface area contributed by atoms with Crippen LogP contribution in [0.1, 0.15) is 5.56 Å². The third kappa shape index (κ3) is 1.34. The number of hydrogen-bond acceptors (Lipinski definition) is 3. The molecule has 0 saturated heterocycles. The molecule has 0 spiro atoms. The number of nitrogens with two attached hydrogens (primary N) is 1. The largest absolute Gasteiger partial charge is 0.454 e. The molecule has 3 aromatic rings. The van der Waals surface area contributed by atoms with Crippen molar-refractivity contribution in [1.29, 1.82) is 0 Å². The molecule has 2 aromatic heterocycles. The Morgan fingerprint density at radius 3 is 2.71 bits per heavy atom. The van der Waals surface area contributed by atoms with Crippen LogP contribution in [-0.4, -0.2) is 9.78 Å². The summed E-state index contributed by atoms with van der Waals surface area (Å²) in [5, 5.41) is 5.25. The summed E-state index contributed by atoms with van der Waals surface area (Å²) >= 11 is 0. The fraction of sp³-hybridized carbons (Fsp3) is 0.154. The molecule has 0 unspecified atom stereocenters. The standard InChI is InChI=1S/C13H13N3O/c1-8-9-5-3-4-6-11(9)17-13(8)12-10(14)7-15-16(12)2/h3-7H,14H2,1-2H3. The molecule has 0 saturated carbocycles. The van der Waals surface area contributed by atoms with Crippen molar-refractivity contribution < 1.29 is 4.42 Å². The molecular weight excluding hydrogens is 214 g/mol. The molecule has 86 valence electrons. The molecule has 0 fully saturated rings. The number of fused-ring (bicyclic) bond motifs is 1. The maximum Gasteiger partial charge on any atom is 0.158 e. The molecule has 4 heteroatoms. The van der Waals surface area contributed by atoms with Crippen molar-refractivity contribution in [2.24, 2.45) is 7.05 Å². The predicted molar refractivity (Wildman–Crippen MR) is 67.6 cm³/mol. The van der Waals surface area contributed by atoms with Gasteiger partial charge < -0.3 is 10.2 Å². The van der Waals surface area contributed by atoms with Gasteiger partial charge in [0.2, 0.25) is 0 Å². The Kier molecular flexibility index (Phi) is 1.98. The first-order valence-electron chi connectivity index (χ1n) is 5.44. The Morgan fingerprint density at radius 2 is 2.06 bits per heavy atom. The number of para-hydroxylation sites is 1. The van der Waals surface area contributed by atoms with E-state index < -0.39 is 0 Å². The van der Waals surface area contributed by atoms with Crippen molar-refractivity contribution in [2.45, 2.75) is 6.92 Å². The van der Waals surface area contributed by atoms with E-state index in [0.29, 0.717) is 5.69 Å². The minimum Gasteiger partial charge on any atom is -0.454 e. The highest BCUT2D eigenvalue weighted by atomic mass is 16.3. The smallest absolute Gasteiger partial charge is 0.158 e. The average molecular weight is 227 g/mol. The number of anilines is 1. The summed E-state index contributed by atoms with van der Waals surface area (Å²) in [6.45, 7) is 2.04. The van der Waals surface area contributed by atoms with Gasteiger partial charge in [0.25, 0.3) is 0 Å². The van der Waals surface area contributed by atoms with Crippen molar-refractivity contribution >= 4 is 16.7 Å². The first-order valence-corrected chi connectivity index (χ1v) is 5.44. The fourth-order valence-corrected chi connectivity index (χ4v) is 2.13. The number of rotatable bonds is 1. The molecule has 17 heavy (non-hydrogen) atoms. The average Bonchev–Trinajstić information content (AvgIpc) is 2.82. The second kappa shape index (κ2) is 3.38. The number of aromatic nitrogens is 2. The molecule has 3 rings (SSSR count). The minimum absolute atomic E-state index is 0.634. The Morgan fingerprint density at radius 1 is 1.29 bits per heavy atom. The zero-order chi connectivity index (χ0) is 12.0. The lowest BCUT2D eigenvalue weighted by atomic mass is 10.1. The van der Waals surface area contributed by atoms with Gasteiger partial charge >= 0.3 is 0 Å². The molecule has 2 N–H and O–H groups in total. The van der Waals surface area contributed by atoms with E-state index in [1.165, 1.54) is 0 Å². The normalized spacial score (nSPS) is 11.2. The van der Waals surface area contributed by atoms with Gasteiger partial charge in [0.05, 0.1) is 11.9 Å². The van der Waals surface area contributed by atoms with Crippen LogP contribution in [0.15, 0.2) is 34.9 Å². The number of furan rings is 1. The predicted octanol–water partition coefficient (Wildman–Crippen LogP) is 2.72. The van der Waals surface area contributed by atoms with Gasteiger partial charge in [0, 0.05) is 18.0 Å². The summed E-state index contributed by atoms with van der Waals surface area (Å²) in [4.78, 5) is 0. The quantitative estimate of drug-likeness (QED) is 0.695. The van der Waals surface area contributed by atoms with E-state index in [1.54, 1.807) is 10.9 Å². The highest BCUT2D eigenvalue weighted by Crippen LogP contribution is 2.35. The lowest BCUT2D eigenvalue weighted by molar-refractivity contribution is 0.616. The van der Waals surface area contributed by atoms with E-state index in [1.807, 2.05) is 38.2 Å². The van der Waals surface area contributed by atoms with Crippen LogP contribution in [0.5, 0.6) is 0 Å². The maximum absolute atomic E-state index is 5.92. The summed E-state index contributed by atoms with van der Waals surface area (Å²) in [6.07, 6.45) is 1.64. The fourth-order valence-electron chi connectivity index (χ4n) is 2.13. The van der Waals surface area contributed by atoms with Gasteiger partial charge in [-0.25, -0.2) is 0 Å². The third-order valence-corrected chi connectivity index (χ3v) is 3.03. The Bertz CT molecular complexity index is 674. The molecule has 0 radical (unpaired) electrons. The van der Waals surface area contributed by atoms with Crippen molar-refractivity contribution in [1.82, 2.24) is 9.78 Å². The number of hydrogen-bond donors (Lipinski definition) is 1. The zero-order valence-corrected chi connectivity index (χ0v) is 9.77. The third-order valence-electron chi connectivity index (χ3n) is 3.03. The lowest BCUT2D eigenvalue weighted by Gasteiger charge is -2.00. The van der Waals surface area contributed by atoms with Crippen LogP contribution in [0.2, 0.25) is 0 Å². The molecule has 0 amide bonds. The van der Waals surface area contributed by atoms with Crippen molar-refractivity contribution in [3.63, 3.8) is 0 Å². The van der Waals surface area contributed by atoms with Crippen LogP contribution in [0.3, 0.4) is 0 Å². The zero-order valence-electron chi connectivity index (χ0n) is 9.77. The van der Waals surface area contributed by atoms with Gasteiger partial charge in [-0.1, -0.05) is 18.2 Å². The minimum atomic E-state index is 0.634.